The zero-order chi connectivity index (χ0) is 12.8. The summed E-state index contributed by atoms with van der Waals surface area (Å²) >= 11 is 0. The lowest BCUT2D eigenvalue weighted by atomic mass is 10.1. The zero-order valence-electron chi connectivity index (χ0n) is 9.90. The highest BCUT2D eigenvalue weighted by Gasteiger charge is 2.10. The first kappa shape index (κ1) is 13.4. The second kappa shape index (κ2) is 6.20. The number of esters is 1. The van der Waals surface area contributed by atoms with Gasteiger partial charge in [-0.05, 0) is 13.0 Å². The molecule has 5 heteroatoms. The average Bonchev–Trinajstić information content (AvgIpc) is 2.28. The standard InChI is InChI=1S/C12H16FNO3/c1-8(14)10-4-3-9(13)7-11(10)17-6-5-12(15)16-2/h3-4,7-8H,5-6,14H2,1-2H3/t8-/m0/s1. The van der Waals surface area contributed by atoms with Gasteiger partial charge in [0, 0.05) is 17.7 Å². The third kappa shape index (κ3) is 4.03. The van der Waals surface area contributed by atoms with Gasteiger partial charge in [0.2, 0.25) is 0 Å². The normalized spacial score (nSPS) is 12.0. The highest BCUT2D eigenvalue weighted by atomic mass is 19.1. The Bertz CT molecular complexity index is 393. The Morgan fingerprint density at radius 1 is 1.53 bits per heavy atom. The predicted octanol–water partition coefficient (Wildman–Crippen LogP) is 1.79. The Hall–Kier alpha value is -1.62. The van der Waals surface area contributed by atoms with Crippen LogP contribution >= 0.6 is 0 Å². The van der Waals surface area contributed by atoms with Crippen molar-refractivity contribution in [1.82, 2.24) is 0 Å². The van der Waals surface area contributed by atoms with Crippen molar-refractivity contribution in [2.75, 3.05) is 13.7 Å². The van der Waals surface area contributed by atoms with Crippen LogP contribution in [0.15, 0.2) is 18.2 Å². The average molecular weight is 241 g/mol. The molecule has 17 heavy (non-hydrogen) atoms. The summed E-state index contributed by atoms with van der Waals surface area (Å²) in [4.78, 5) is 10.9. The van der Waals surface area contributed by atoms with Crippen LogP contribution in [0.4, 0.5) is 4.39 Å². The first-order chi connectivity index (χ1) is 8.04. The summed E-state index contributed by atoms with van der Waals surface area (Å²) in [5.74, 6) is -0.407. The monoisotopic (exact) mass is 241 g/mol. The number of hydrogen-bond donors (Lipinski definition) is 1. The smallest absolute Gasteiger partial charge is 0.308 e. The summed E-state index contributed by atoms with van der Waals surface area (Å²) in [5.41, 5.74) is 6.43. The van der Waals surface area contributed by atoms with Crippen molar-refractivity contribution in [2.24, 2.45) is 5.73 Å². The largest absolute Gasteiger partial charge is 0.493 e. The molecule has 0 aromatic heterocycles. The van der Waals surface area contributed by atoms with Gasteiger partial charge in [0.1, 0.15) is 11.6 Å². The van der Waals surface area contributed by atoms with Crippen molar-refractivity contribution in [3.8, 4) is 5.75 Å². The number of benzene rings is 1. The molecule has 0 aliphatic heterocycles. The van der Waals surface area contributed by atoms with Crippen LogP contribution in [0.2, 0.25) is 0 Å². The molecule has 2 N–H and O–H groups in total. The van der Waals surface area contributed by atoms with Crippen LogP contribution in [0, 0.1) is 5.82 Å². The summed E-state index contributed by atoms with van der Waals surface area (Å²) in [6.07, 6.45) is 0.116. The van der Waals surface area contributed by atoms with Gasteiger partial charge in [-0.15, -0.1) is 0 Å². The van der Waals surface area contributed by atoms with E-state index in [2.05, 4.69) is 4.74 Å². The van der Waals surface area contributed by atoms with Crippen LogP contribution in [-0.2, 0) is 9.53 Å². The molecule has 0 radical (unpaired) electrons. The molecule has 0 bridgehead atoms. The van der Waals surface area contributed by atoms with Crippen molar-refractivity contribution < 1.29 is 18.7 Å². The minimum absolute atomic E-state index is 0.116. The molecule has 0 saturated heterocycles. The molecule has 0 heterocycles. The molecule has 0 spiro atoms. The third-order valence-corrected chi connectivity index (χ3v) is 2.26. The highest BCUT2D eigenvalue weighted by Crippen LogP contribution is 2.24. The van der Waals surface area contributed by atoms with Crippen LogP contribution in [0.25, 0.3) is 0 Å². The van der Waals surface area contributed by atoms with Crippen LogP contribution in [0.1, 0.15) is 24.9 Å². The van der Waals surface area contributed by atoms with Gasteiger partial charge >= 0.3 is 5.97 Å². The molecule has 0 unspecified atom stereocenters. The zero-order valence-corrected chi connectivity index (χ0v) is 9.90. The van der Waals surface area contributed by atoms with E-state index in [9.17, 15) is 9.18 Å². The molecule has 1 rings (SSSR count). The topological polar surface area (TPSA) is 61.5 Å². The fraction of sp³-hybridized carbons (Fsp3) is 0.417. The summed E-state index contributed by atoms with van der Waals surface area (Å²) in [5, 5.41) is 0. The summed E-state index contributed by atoms with van der Waals surface area (Å²) < 4.78 is 22.9. The van der Waals surface area contributed by atoms with Crippen LogP contribution in [0.3, 0.4) is 0 Å². The lowest BCUT2D eigenvalue weighted by Gasteiger charge is -2.13. The molecule has 1 aromatic carbocycles. The van der Waals surface area contributed by atoms with Crippen molar-refractivity contribution in [3.63, 3.8) is 0 Å². The Kier molecular flexibility index (Phi) is 4.90. The molecule has 1 atom stereocenters. The van der Waals surface area contributed by atoms with Crippen molar-refractivity contribution >= 4 is 5.97 Å². The Balaban J connectivity index is 2.68. The van der Waals surface area contributed by atoms with Gasteiger partial charge in [-0.1, -0.05) is 6.07 Å². The van der Waals surface area contributed by atoms with Crippen LogP contribution < -0.4 is 10.5 Å². The first-order valence-corrected chi connectivity index (χ1v) is 5.29. The second-order valence-electron chi connectivity index (χ2n) is 3.65. The number of methoxy groups -OCH3 is 1. The molecule has 0 amide bonds. The van der Waals surface area contributed by atoms with E-state index in [-0.39, 0.29) is 25.0 Å². The van der Waals surface area contributed by atoms with Gasteiger partial charge in [-0.25, -0.2) is 4.39 Å². The molecular formula is C12H16FNO3. The Morgan fingerprint density at radius 3 is 2.82 bits per heavy atom. The van der Waals surface area contributed by atoms with Crippen molar-refractivity contribution in [2.45, 2.75) is 19.4 Å². The van der Waals surface area contributed by atoms with E-state index in [0.29, 0.717) is 11.3 Å². The number of rotatable bonds is 5. The summed E-state index contributed by atoms with van der Waals surface area (Å²) in [6.45, 7) is 1.91. The number of carbonyl (C=O) groups is 1. The van der Waals surface area contributed by atoms with Crippen LogP contribution in [0.5, 0.6) is 5.75 Å². The maximum Gasteiger partial charge on any atom is 0.308 e. The molecule has 94 valence electrons. The molecule has 1 aromatic rings. The molecule has 4 nitrogen and oxygen atoms in total. The summed E-state index contributed by atoms with van der Waals surface area (Å²) in [7, 11) is 1.30. The number of ether oxygens (including phenoxy) is 2. The van der Waals surface area contributed by atoms with E-state index >= 15 is 0 Å². The number of halogens is 1. The van der Waals surface area contributed by atoms with Gasteiger partial charge in [0.15, 0.2) is 0 Å². The molecule has 0 aliphatic carbocycles. The number of hydrogen-bond acceptors (Lipinski definition) is 4. The minimum atomic E-state index is -0.400. The van der Waals surface area contributed by atoms with Gasteiger partial charge in [-0.3, -0.25) is 4.79 Å². The van der Waals surface area contributed by atoms with Gasteiger partial charge < -0.3 is 15.2 Å². The van der Waals surface area contributed by atoms with E-state index in [4.69, 9.17) is 10.5 Å². The number of carbonyl (C=O) groups excluding carboxylic acids is 1. The van der Waals surface area contributed by atoms with E-state index in [0.717, 1.165) is 0 Å². The lowest BCUT2D eigenvalue weighted by Crippen LogP contribution is -2.11. The maximum atomic E-state index is 13.1. The quantitative estimate of drug-likeness (QED) is 0.798. The van der Waals surface area contributed by atoms with E-state index in [1.54, 1.807) is 13.0 Å². The minimum Gasteiger partial charge on any atom is -0.493 e. The van der Waals surface area contributed by atoms with E-state index < -0.39 is 5.82 Å². The SMILES string of the molecule is COC(=O)CCOc1cc(F)ccc1[C@H](C)N. The molecule has 0 fully saturated rings. The van der Waals surface area contributed by atoms with Crippen molar-refractivity contribution in [1.29, 1.82) is 0 Å². The van der Waals surface area contributed by atoms with Gasteiger partial charge in [-0.2, -0.15) is 0 Å². The van der Waals surface area contributed by atoms with E-state index in [1.165, 1.54) is 19.2 Å². The first-order valence-electron chi connectivity index (χ1n) is 5.29. The fourth-order valence-corrected chi connectivity index (χ4v) is 1.36. The number of nitrogens with two attached hydrogens (primary N) is 1. The van der Waals surface area contributed by atoms with Crippen molar-refractivity contribution in [3.05, 3.63) is 29.6 Å². The van der Waals surface area contributed by atoms with Crippen LogP contribution in [-0.4, -0.2) is 19.7 Å². The highest BCUT2D eigenvalue weighted by molar-refractivity contribution is 5.69. The fourth-order valence-electron chi connectivity index (χ4n) is 1.36. The maximum absolute atomic E-state index is 13.1. The Morgan fingerprint density at radius 2 is 2.24 bits per heavy atom. The Labute approximate surface area is 99.5 Å². The third-order valence-electron chi connectivity index (χ3n) is 2.26. The molecule has 0 aliphatic rings. The summed E-state index contributed by atoms with van der Waals surface area (Å²) in [6, 6.07) is 3.90. The van der Waals surface area contributed by atoms with Gasteiger partial charge in [0.05, 0.1) is 20.1 Å². The van der Waals surface area contributed by atoms with E-state index in [1.807, 2.05) is 0 Å². The molecular weight excluding hydrogens is 225 g/mol. The molecule has 0 saturated carbocycles. The second-order valence-corrected chi connectivity index (χ2v) is 3.65. The lowest BCUT2D eigenvalue weighted by molar-refractivity contribution is -0.141. The predicted molar refractivity (Wildman–Crippen MR) is 61.1 cm³/mol. The van der Waals surface area contributed by atoms with Gasteiger partial charge in [0.25, 0.3) is 0 Å².